The molecule has 90 valence electrons. The molecular formula is C14H22FN. The monoisotopic (exact) mass is 223 g/mol. The summed E-state index contributed by atoms with van der Waals surface area (Å²) >= 11 is 0. The summed E-state index contributed by atoms with van der Waals surface area (Å²) in [6.45, 7) is 5.35. The van der Waals surface area contributed by atoms with Crippen molar-refractivity contribution in [2.45, 2.75) is 58.0 Å². The number of hydrogen-bond acceptors (Lipinski definition) is 1. The highest BCUT2D eigenvalue weighted by Gasteiger charge is 2.70. The van der Waals surface area contributed by atoms with Crippen molar-refractivity contribution in [2.24, 2.45) is 16.6 Å². The Bertz CT molecular complexity index is 347. The van der Waals surface area contributed by atoms with E-state index in [1.165, 1.54) is 12.0 Å². The predicted molar refractivity (Wildman–Crippen MR) is 63.8 cm³/mol. The van der Waals surface area contributed by atoms with Gasteiger partial charge in [0, 0.05) is 12.0 Å². The van der Waals surface area contributed by atoms with Gasteiger partial charge in [0.05, 0.1) is 0 Å². The van der Waals surface area contributed by atoms with Gasteiger partial charge >= 0.3 is 0 Å². The summed E-state index contributed by atoms with van der Waals surface area (Å²) in [7, 11) is 0. The van der Waals surface area contributed by atoms with Crippen LogP contribution in [-0.4, -0.2) is 12.2 Å². The van der Waals surface area contributed by atoms with Crippen LogP contribution in [0.2, 0.25) is 0 Å². The maximum absolute atomic E-state index is 13.6. The number of allylic oxidation sites excluding steroid dienone is 1. The molecule has 0 amide bonds. The highest BCUT2D eigenvalue weighted by Crippen LogP contribution is 2.74. The third-order valence-corrected chi connectivity index (χ3v) is 5.04. The first-order valence-electron chi connectivity index (χ1n) is 6.49. The third-order valence-electron chi connectivity index (χ3n) is 5.04. The molecule has 0 heterocycles. The number of nitrogens with two attached hydrogens (primary N) is 1. The molecule has 0 aromatic carbocycles. The van der Waals surface area contributed by atoms with E-state index in [2.05, 4.69) is 13.8 Å². The summed E-state index contributed by atoms with van der Waals surface area (Å²) in [4.78, 5) is 0. The van der Waals surface area contributed by atoms with Crippen LogP contribution in [0.25, 0.3) is 0 Å². The van der Waals surface area contributed by atoms with Gasteiger partial charge in [-0.05, 0) is 43.9 Å². The molecule has 0 aliphatic heterocycles. The fourth-order valence-corrected chi connectivity index (χ4v) is 4.10. The largest absolute Gasteiger partial charge is 0.327 e. The van der Waals surface area contributed by atoms with Gasteiger partial charge in [-0.1, -0.05) is 25.0 Å². The number of rotatable bonds is 2. The van der Waals surface area contributed by atoms with Gasteiger partial charge in [-0.2, -0.15) is 0 Å². The molecule has 2 bridgehead atoms. The minimum atomic E-state index is -0.783. The van der Waals surface area contributed by atoms with Crippen molar-refractivity contribution in [3.8, 4) is 0 Å². The fourth-order valence-electron chi connectivity index (χ4n) is 4.10. The van der Waals surface area contributed by atoms with Gasteiger partial charge in [0.25, 0.3) is 0 Å². The Morgan fingerprint density at radius 1 is 1.25 bits per heavy atom. The summed E-state index contributed by atoms with van der Waals surface area (Å²) in [6.07, 6.45) is 5.88. The molecule has 3 saturated carbocycles. The lowest BCUT2D eigenvalue weighted by Crippen LogP contribution is -2.65. The molecule has 2 heteroatoms. The average molecular weight is 223 g/mol. The second-order valence-corrected chi connectivity index (χ2v) is 7.09. The van der Waals surface area contributed by atoms with Crippen LogP contribution in [0.3, 0.4) is 0 Å². The Hall–Kier alpha value is -0.370. The van der Waals surface area contributed by atoms with E-state index in [0.717, 1.165) is 32.1 Å². The molecule has 4 aliphatic carbocycles. The van der Waals surface area contributed by atoms with Gasteiger partial charge < -0.3 is 5.73 Å². The van der Waals surface area contributed by atoms with Gasteiger partial charge in [-0.25, -0.2) is 4.39 Å². The molecule has 3 fully saturated rings. The minimum Gasteiger partial charge on any atom is -0.327 e. The van der Waals surface area contributed by atoms with Gasteiger partial charge in [0.15, 0.2) is 0 Å². The highest BCUT2D eigenvalue weighted by atomic mass is 19.1. The van der Waals surface area contributed by atoms with Crippen LogP contribution in [0.5, 0.6) is 0 Å². The van der Waals surface area contributed by atoms with Crippen molar-refractivity contribution in [1.82, 2.24) is 0 Å². The molecule has 0 radical (unpaired) electrons. The summed E-state index contributed by atoms with van der Waals surface area (Å²) < 4.78 is 13.6. The first-order valence-corrected chi connectivity index (χ1v) is 6.49. The summed E-state index contributed by atoms with van der Waals surface area (Å²) in [5.74, 6) is 0. The van der Waals surface area contributed by atoms with E-state index in [4.69, 9.17) is 5.73 Å². The zero-order valence-electron chi connectivity index (χ0n) is 10.4. The lowest BCUT2D eigenvalue weighted by atomic mass is 9.38. The Labute approximate surface area is 97.3 Å². The van der Waals surface area contributed by atoms with Crippen molar-refractivity contribution in [3.63, 3.8) is 0 Å². The topological polar surface area (TPSA) is 26.0 Å². The fraction of sp³-hybridized carbons (Fsp3) is 0.857. The van der Waals surface area contributed by atoms with E-state index >= 15 is 0 Å². The normalized spacial score (nSPS) is 45.0. The predicted octanol–water partition coefficient (Wildman–Crippen LogP) is 3.34. The van der Waals surface area contributed by atoms with Crippen molar-refractivity contribution in [1.29, 1.82) is 0 Å². The smallest absolute Gasteiger partial charge is 0.113 e. The van der Waals surface area contributed by atoms with Crippen LogP contribution in [-0.2, 0) is 0 Å². The van der Waals surface area contributed by atoms with Gasteiger partial charge in [0.1, 0.15) is 5.67 Å². The molecule has 0 aromatic rings. The first-order chi connectivity index (χ1) is 7.38. The van der Waals surface area contributed by atoms with Crippen molar-refractivity contribution >= 4 is 0 Å². The number of hydrogen-bond donors (Lipinski definition) is 1. The number of alkyl halides is 1. The van der Waals surface area contributed by atoms with E-state index < -0.39 is 5.67 Å². The van der Waals surface area contributed by atoms with Crippen LogP contribution >= 0.6 is 0 Å². The van der Waals surface area contributed by atoms with Crippen molar-refractivity contribution in [3.05, 3.63) is 11.1 Å². The summed E-state index contributed by atoms with van der Waals surface area (Å²) in [5.41, 5.74) is 8.71. The maximum Gasteiger partial charge on any atom is 0.113 e. The molecule has 1 nitrogen and oxygen atoms in total. The Balaban J connectivity index is 1.88. The van der Waals surface area contributed by atoms with Crippen molar-refractivity contribution < 1.29 is 4.39 Å². The molecule has 4 rings (SSSR count). The SMILES string of the molecule is CC1(C)CCC(CN)=C(C23CC(F)(C2)C3)C1. The zero-order chi connectivity index (χ0) is 11.6. The van der Waals surface area contributed by atoms with Gasteiger partial charge in [-0.3, -0.25) is 0 Å². The average Bonchev–Trinajstić information content (AvgIpc) is 2.10. The second-order valence-electron chi connectivity index (χ2n) is 7.09. The molecule has 2 N–H and O–H groups in total. The number of halogens is 1. The highest BCUT2D eigenvalue weighted by molar-refractivity contribution is 5.39. The van der Waals surface area contributed by atoms with Crippen LogP contribution in [0, 0.1) is 10.8 Å². The van der Waals surface area contributed by atoms with Gasteiger partial charge in [-0.15, -0.1) is 0 Å². The van der Waals surface area contributed by atoms with Crippen LogP contribution in [0.1, 0.15) is 52.4 Å². The molecule has 0 aromatic heterocycles. The summed E-state index contributed by atoms with van der Waals surface area (Å²) in [5, 5.41) is 0. The van der Waals surface area contributed by atoms with Gasteiger partial charge in [0.2, 0.25) is 0 Å². The van der Waals surface area contributed by atoms with E-state index in [1.54, 1.807) is 5.57 Å². The van der Waals surface area contributed by atoms with Crippen LogP contribution in [0.15, 0.2) is 11.1 Å². The molecule has 0 spiro atoms. The Morgan fingerprint density at radius 3 is 2.38 bits per heavy atom. The Morgan fingerprint density at radius 2 is 1.88 bits per heavy atom. The van der Waals surface area contributed by atoms with Crippen LogP contribution < -0.4 is 5.73 Å². The minimum absolute atomic E-state index is 0.251. The van der Waals surface area contributed by atoms with Crippen LogP contribution in [0.4, 0.5) is 4.39 Å². The first kappa shape index (κ1) is 10.8. The van der Waals surface area contributed by atoms with Crippen molar-refractivity contribution in [2.75, 3.05) is 6.54 Å². The molecule has 4 aliphatic rings. The van der Waals surface area contributed by atoms with E-state index in [0.29, 0.717) is 12.0 Å². The summed E-state index contributed by atoms with van der Waals surface area (Å²) in [6, 6.07) is 0. The quantitative estimate of drug-likeness (QED) is 0.714. The van der Waals surface area contributed by atoms with E-state index in [-0.39, 0.29) is 5.41 Å². The molecule has 0 unspecified atom stereocenters. The zero-order valence-corrected chi connectivity index (χ0v) is 10.4. The molecular weight excluding hydrogens is 201 g/mol. The Kier molecular flexibility index (Phi) is 1.95. The lowest BCUT2D eigenvalue weighted by Gasteiger charge is -2.68. The molecule has 0 saturated heterocycles. The maximum atomic E-state index is 13.6. The van der Waals surface area contributed by atoms with E-state index in [1.807, 2.05) is 0 Å². The van der Waals surface area contributed by atoms with E-state index in [9.17, 15) is 4.39 Å². The lowest BCUT2D eigenvalue weighted by molar-refractivity contribution is -0.193. The third kappa shape index (κ3) is 1.32. The second kappa shape index (κ2) is 2.90. The molecule has 16 heavy (non-hydrogen) atoms. The standard InChI is InChI=1S/C14H22FN/c1-12(2)4-3-10(6-16)11(5-12)13-7-14(15,8-13)9-13/h3-9,16H2,1-2H3. The molecule has 0 atom stereocenters.